The molecule has 1 N–H and O–H groups in total. The third kappa shape index (κ3) is 8.79. The molecule has 0 unspecified atom stereocenters. The Hall–Kier alpha value is -2.47. The summed E-state index contributed by atoms with van der Waals surface area (Å²) in [6, 6.07) is 24.6. The lowest BCUT2D eigenvalue weighted by Gasteiger charge is -2.33. The van der Waals surface area contributed by atoms with Gasteiger partial charge in [0.15, 0.2) is 0 Å². The smallest absolute Gasteiger partial charge is 0.243 e. The van der Waals surface area contributed by atoms with Gasteiger partial charge < -0.3 is 10.2 Å². The van der Waals surface area contributed by atoms with Crippen molar-refractivity contribution in [3.05, 3.63) is 106 Å². The molecule has 0 bridgehead atoms. The fourth-order valence-electron chi connectivity index (χ4n) is 4.80. The lowest BCUT2D eigenvalue weighted by Crippen LogP contribution is -2.53. The predicted octanol–water partition coefficient (Wildman–Crippen LogP) is 7.32. The topological polar surface area (TPSA) is 49.4 Å². The largest absolute Gasteiger partial charge is 0.352 e. The average molecular weight is 570 g/mol. The molecule has 7 heteroatoms. The molecule has 1 aliphatic carbocycles. The third-order valence-electron chi connectivity index (χ3n) is 6.90. The predicted molar refractivity (Wildman–Crippen MR) is 159 cm³/mol. The van der Waals surface area contributed by atoms with Gasteiger partial charge in [0.1, 0.15) is 6.04 Å². The average Bonchev–Trinajstić information content (AvgIpc) is 2.94. The second-order valence-electron chi connectivity index (χ2n) is 9.82. The zero-order valence-electron chi connectivity index (χ0n) is 21.5. The van der Waals surface area contributed by atoms with Crippen molar-refractivity contribution >= 4 is 46.8 Å². The number of amides is 2. The van der Waals surface area contributed by atoms with Crippen LogP contribution in [0.25, 0.3) is 0 Å². The first-order valence-electron chi connectivity index (χ1n) is 13.2. The summed E-state index contributed by atoms with van der Waals surface area (Å²) < 4.78 is 0. The Morgan fingerprint density at radius 3 is 2.05 bits per heavy atom. The lowest BCUT2D eigenvalue weighted by atomic mass is 9.94. The molecule has 1 fully saturated rings. The standard InChI is InChI=1S/C31H34Cl2N2O2S/c32-26-15-11-24(12-16-26)20-35(30(36)22-38-21-25-13-17-27(33)18-14-25)29(19-23-7-3-1-4-8-23)31(37)34-28-9-5-2-6-10-28/h1,3-4,7-8,11-18,28-29H,2,5-6,9-10,19-22H2,(H,34,37)/t29-/m1/s1. The molecule has 0 spiro atoms. The number of carbonyl (C=O) groups excluding carboxylic acids is 2. The zero-order valence-corrected chi connectivity index (χ0v) is 23.8. The minimum atomic E-state index is -0.612. The Labute approximate surface area is 240 Å². The summed E-state index contributed by atoms with van der Waals surface area (Å²) in [7, 11) is 0. The molecule has 4 nitrogen and oxygen atoms in total. The van der Waals surface area contributed by atoms with Crippen LogP contribution in [0.2, 0.25) is 10.0 Å². The van der Waals surface area contributed by atoms with Crippen molar-refractivity contribution in [3.63, 3.8) is 0 Å². The molecule has 0 aliphatic heterocycles. The van der Waals surface area contributed by atoms with Crippen molar-refractivity contribution in [2.75, 3.05) is 5.75 Å². The van der Waals surface area contributed by atoms with E-state index in [-0.39, 0.29) is 23.6 Å². The highest BCUT2D eigenvalue weighted by molar-refractivity contribution is 7.99. The Balaban J connectivity index is 1.55. The summed E-state index contributed by atoms with van der Waals surface area (Å²) in [6.45, 7) is 0.340. The quantitative estimate of drug-likeness (QED) is 0.263. The summed E-state index contributed by atoms with van der Waals surface area (Å²) in [4.78, 5) is 29.3. The molecule has 38 heavy (non-hydrogen) atoms. The summed E-state index contributed by atoms with van der Waals surface area (Å²) in [5.41, 5.74) is 3.07. The monoisotopic (exact) mass is 568 g/mol. The molecule has 2 amide bonds. The van der Waals surface area contributed by atoms with Crippen LogP contribution in [-0.4, -0.2) is 34.6 Å². The van der Waals surface area contributed by atoms with Gasteiger partial charge in [-0.15, -0.1) is 11.8 Å². The fourth-order valence-corrected chi connectivity index (χ4v) is 5.93. The van der Waals surface area contributed by atoms with Crippen molar-refractivity contribution < 1.29 is 9.59 Å². The van der Waals surface area contributed by atoms with Crippen LogP contribution in [0.4, 0.5) is 0 Å². The number of carbonyl (C=O) groups is 2. The van der Waals surface area contributed by atoms with Crippen LogP contribution in [0.15, 0.2) is 78.9 Å². The van der Waals surface area contributed by atoms with Crippen molar-refractivity contribution in [1.82, 2.24) is 10.2 Å². The molecule has 1 atom stereocenters. The fraction of sp³-hybridized carbons (Fsp3) is 0.355. The number of thioether (sulfide) groups is 1. The van der Waals surface area contributed by atoms with E-state index in [1.807, 2.05) is 78.9 Å². The highest BCUT2D eigenvalue weighted by atomic mass is 35.5. The number of rotatable bonds is 11. The maximum Gasteiger partial charge on any atom is 0.243 e. The Morgan fingerprint density at radius 1 is 0.816 bits per heavy atom. The third-order valence-corrected chi connectivity index (χ3v) is 8.39. The van der Waals surface area contributed by atoms with E-state index < -0.39 is 6.04 Å². The van der Waals surface area contributed by atoms with Crippen molar-refractivity contribution in [2.24, 2.45) is 0 Å². The van der Waals surface area contributed by atoms with Crippen LogP contribution in [0.5, 0.6) is 0 Å². The van der Waals surface area contributed by atoms with Crippen LogP contribution in [0.3, 0.4) is 0 Å². The normalized spacial score (nSPS) is 14.6. The maximum atomic E-state index is 13.8. The summed E-state index contributed by atoms with van der Waals surface area (Å²) in [5.74, 6) is 0.831. The molecule has 0 aromatic heterocycles. The van der Waals surface area contributed by atoms with Gasteiger partial charge in [-0.1, -0.05) is 97.1 Å². The second-order valence-corrected chi connectivity index (χ2v) is 11.7. The molecule has 1 saturated carbocycles. The minimum Gasteiger partial charge on any atom is -0.352 e. The van der Waals surface area contributed by atoms with Crippen LogP contribution >= 0.6 is 35.0 Å². The molecule has 0 radical (unpaired) electrons. The van der Waals surface area contributed by atoms with E-state index in [9.17, 15) is 9.59 Å². The second kappa shape index (κ2) is 14.6. The molecular formula is C31H34Cl2N2O2S. The van der Waals surface area contributed by atoms with E-state index in [4.69, 9.17) is 23.2 Å². The SMILES string of the molecule is O=C(NC1CCCCC1)[C@@H](Cc1ccccc1)N(Cc1ccc(Cl)cc1)C(=O)CSCc1ccc(Cl)cc1. The summed E-state index contributed by atoms with van der Waals surface area (Å²) in [5, 5.41) is 4.61. The van der Waals surface area contributed by atoms with Crippen LogP contribution in [0, 0.1) is 0 Å². The van der Waals surface area contributed by atoms with Crippen molar-refractivity contribution in [3.8, 4) is 0 Å². The molecule has 1 aliphatic rings. The Bertz CT molecular complexity index is 1170. The highest BCUT2D eigenvalue weighted by Crippen LogP contribution is 2.22. The molecule has 4 rings (SSSR count). The van der Waals surface area contributed by atoms with E-state index in [1.54, 1.807) is 16.7 Å². The number of halogens is 2. The number of hydrogen-bond acceptors (Lipinski definition) is 3. The van der Waals surface area contributed by atoms with Gasteiger partial charge in [-0.3, -0.25) is 9.59 Å². The van der Waals surface area contributed by atoms with Gasteiger partial charge in [0.05, 0.1) is 5.75 Å². The van der Waals surface area contributed by atoms with Gasteiger partial charge in [-0.05, 0) is 53.8 Å². The van der Waals surface area contributed by atoms with Crippen LogP contribution < -0.4 is 5.32 Å². The molecule has 200 valence electrons. The van der Waals surface area contributed by atoms with Gasteiger partial charge in [0.25, 0.3) is 0 Å². The Morgan fingerprint density at radius 2 is 1.42 bits per heavy atom. The van der Waals surface area contributed by atoms with E-state index in [0.717, 1.165) is 42.4 Å². The van der Waals surface area contributed by atoms with Crippen molar-refractivity contribution in [2.45, 2.75) is 62.9 Å². The van der Waals surface area contributed by atoms with Crippen molar-refractivity contribution in [1.29, 1.82) is 0 Å². The summed E-state index contributed by atoms with van der Waals surface area (Å²) in [6.07, 6.45) is 5.91. The minimum absolute atomic E-state index is 0.0568. The van der Waals surface area contributed by atoms with E-state index in [1.165, 1.54) is 6.42 Å². The molecule has 0 heterocycles. The van der Waals surface area contributed by atoms with E-state index in [0.29, 0.717) is 28.8 Å². The number of nitrogens with zero attached hydrogens (tertiary/aromatic N) is 1. The van der Waals surface area contributed by atoms with Crippen LogP contribution in [0.1, 0.15) is 48.8 Å². The summed E-state index contributed by atoms with van der Waals surface area (Å²) >= 11 is 13.7. The lowest BCUT2D eigenvalue weighted by molar-refractivity contribution is -0.139. The number of hydrogen-bond donors (Lipinski definition) is 1. The highest BCUT2D eigenvalue weighted by Gasteiger charge is 2.31. The van der Waals surface area contributed by atoms with Gasteiger partial charge >= 0.3 is 0 Å². The maximum absolute atomic E-state index is 13.8. The first kappa shape index (κ1) is 28.5. The number of benzene rings is 3. The van der Waals surface area contributed by atoms with Gasteiger partial charge in [0.2, 0.25) is 11.8 Å². The molecular weight excluding hydrogens is 535 g/mol. The van der Waals surface area contributed by atoms with Gasteiger partial charge in [-0.25, -0.2) is 0 Å². The number of nitrogens with one attached hydrogen (secondary N) is 1. The first-order valence-corrected chi connectivity index (χ1v) is 15.1. The molecule has 3 aromatic carbocycles. The van der Waals surface area contributed by atoms with Crippen LogP contribution in [-0.2, 0) is 28.3 Å². The first-order chi connectivity index (χ1) is 18.5. The van der Waals surface area contributed by atoms with E-state index in [2.05, 4.69) is 5.32 Å². The molecule has 3 aromatic rings. The zero-order chi connectivity index (χ0) is 26.7. The molecule has 0 saturated heterocycles. The van der Waals surface area contributed by atoms with Gasteiger partial charge in [0, 0.05) is 34.8 Å². The van der Waals surface area contributed by atoms with Gasteiger partial charge in [-0.2, -0.15) is 0 Å². The Kier molecular flexibility index (Phi) is 11.0. The van der Waals surface area contributed by atoms with E-state index >= 15 is 0 Å².